The molecule has 0 aliphatic carbocycles. The van der Waals surface area contributed by atoms with Crippen LogP contribution in [-0.2, 0) is 6.54 Å². The molecule has 1 rings (SSSR count). The van der Waals surface area contributed by atoms with Gasteiger partial charge in [0.15, 0.2) is 11.5 Å². The minimum Gasteiger partial charge on any atom is -0.493 e. The average molecular weight is 247 g/mol. The molecule has 0 saturated heterocycles. The molecule has 0 amide bonds. The van der Waals surface area contributed by atoms with E-state index in [1.807, 2.05) is 18.2 Å². The summed E-state index contributed by atoms with van der Waals surface area (Å²) in [7, 11) is 1.64. The second-order valence-electron chi connectivity index (χ2n) is 4.24. The molecule has 0 aliphatic heterocycles. The van der Waals surface area contributed by atoms with Gasteiger partial charge < -0.3 is 14.8 Å². The van der Waals surface area contributed by atoms with Crippen LogP contribution in [-0.4, -0.2) is 19.8 Å². The lowest BCUT2D eigenvalue weighted by molar-refractivity contribution is 0.330. The van der Waals surface area contributed by atoms with E-state index in [2.05, 4.69) is 31.0 Å². The van der Waals surface area contributed by atoms with E-state index in [1.54, 1.807) is 14.0 Å². The molecule has 0 heterocycles. The lowest BCUT2D eigenvalue weighted by Gasteiger charge is -2.12. The topological polar surface area (TPSA) is 30.5 Å². The molecule has 18 heavy (non-hydrogen) atoms. The van der Waals surface area contributed by atoms with E-state index < -0.39 is 0 Å². The summed E-state index contributed by atoms with van der Waals surface area (Å²) >= 11 is 0. The summed E-state index contributed by atoms with van der Waals surface area (Å²) in [6.45, 7) is 7.24. The van der Waals surface area contributed by atoms with Crippen LogP contribution in [0.3, 0.4) is 0 Å². The number of ether oxygens (including phenoxy) is 2. The third-order valence-electron chi connectivity index (χ3n) is 2.42. The largest absolute Gasteiger partial charge is 0.493 e. The number of methoxy groups -OCH3 is 1. The van der Waals surface area contributed by atoms with Gasteiger partial charge in [-0.1, -0.05) is 25.8 Å². The SMILES string of the molecule is CC#CCOc1cc(CNC(C)C)ccc1OC. The molecule has 0 fully saturated rings. The van der Waals surface area contributed by atoms with Crippen molar-refractivity contribution < 1.29 is 9.47 Å². The Hall–Kier alpha value is -1.66. The van der Waals surface area contributed by atoms with Crippen molar-refractivity contribution in [2.24, 2.45) is 0 Å². The van der Waals surface area contributed by atoms with Crippen LogP contribution in [0.4, 0.5) is 0 Å². The Morgan fingerprint density at radius 2 is 2.06 bits per heavy atom. The summed E-state index contributed by atoms with van der Waals surface area (Å²) in [5.74, 6) is 7.15. The number of rotatable bonds is 6. The highest BCUT2D eigenvalue weighted by molar-refractivity contribution is 5.43. The zero-order chi connectivity index (χ0) is 13.4. The first-order valence-corrected chi connectivity index (χ1v) is 6.10. The van der Waals surface area contributed by atoms with Crippen molar-refractivity contribution in [2.45, 2.75) is 33.4 Å². The lowest BCUT2D eigenvalue weighted by Crippen LogP contribution is -2.21. The summed E-state index contributed by atoms with van der Waals surface area (Å²) in [6.07, 6.45) is 0. The first kappa shape index (κ1) is 14.4. The van der Waals surface area contributed by atoms with Gasteiger partial charge in [-0.15, -0.1) is 5.92 Å². The Bertz CT molecular complexity index is 430. The second kappa shape index (κ2) is 7.62. The van der Waals surface area contributed by atoms with Gasteiger partial charge in [-0.05, 0) is 24.6 Å². The number of benzene rings is 1. The molecule has 3 heteroatoms. The van der Waals surface area contributed by atoms with Crippen LogP contribution >= 0.6 is 0 Å². The van der Waals surface area contributed by atoms with E-state index in [0.29, 0.717) is 12.6 Å². The summed E-state index contributed by atoms with van der Waals surface area (Å²) < 4.78 is 10.9. The molecule has 0 spiro atoms. The molecule has 0 saturated carbocycles. The predicted molar refractivity (Wildman–Crippen MR) is 73.9 cm³/mol. The maximum Gasteiger partial charge on any atom is 0.162 e. The molecule has 0 aliphatic rings. The van der Waals surface area contributed by atoms with Crippen LogP contribution < -0.4 is 14.8 Å². The monoisotopic (exact) mass is 247 g/mol. The molecule has 3 nitrogen and oxygen atoms in total. The quantitative estimate of drug-likeness (QED) is 0.784. The normalized spacial score (nSPS) is 9.83. The van der Waals surface area contributed by atoms with Crippen molar-refractivity contribution in [3.8, 4) is 23.3 Å². The molecule has 1 aromatic carbocycles. The van der Waals surface area contributed by atoms with Crippen LogP contribution in [0, 0.1) is 11.8 Å². The van der Waals surface area contributed by atoms with Gasteiger partial charge >= 0.3 is 0 Å². The van der Waals surface area contributed by atoms with E-state index in [1.165, 1.54) is 5.56 Å². The van der Waals surface area contributed by atoms with Crippen molar-refractivity contribution in [3.05, 3.63) is 23.8 Å². The van der Waals surface area contributed by atoms with Gasteiger partial charge in [0.05, 0.1) is 7.11 Å². The van der Waals surface area contributed by atoms with E-state index in [0.717, 1.165) is 18.0 Å². The highest BCUT2D eigenvalue weighted by Gasteiger charge is 2.05. The maximum absolute atomic E-state index is 5.59. The van der Waals surface area contributed by atoms with Gasteiger partial charge in [-0.25, -0.2) is 0 Å². The molecule has 0 radical (unpaired) electrons. The Kier molecular flexibility index (Phi) is 6.10. The average Bonchev–Trinajstić information content (AvgIpc) is 2.37. The van der Waals surface area contributed by atoms with E-state index in [4.69, 9.17) is 9.47 Å². The summed E-state index contributed by atoms with van der Waals surface area (Å²) in [5, 5.41) is 3.37. The summed E-state index contributed by atoms with van der Waals surface area (Å²) in [6, 6.07) is 6.41. The van der Waals surface area contributed by atoms with Gasteiger partial charge in [-0.2, -0.15) is 0 Å². The van der Waals surface area contributed by atoms with Crippen molar-refractivity contribution in [1.82, 2.24) is 5.32 Å². The molecule has 0 unspecified atom stereocenters. The number of hydrogen-bond donors (Lipinski definition) is 1. The second-order valence-corrected chi connectivity index (χ2v) is 4.24. The van der Waals surface area contributed by atoms with Gasteiger partial charge in [0.25, 0.3) is 0 Å². The Morgan fingerprint density at radius 3 is 2.67 bits per heavy atom. The minimum absolute atomic E-state index is 0.383. The van der Waals surface area contributed by atoms with Crippen molar-refractivity contribution in [2.75, 3.05) is 13.7 Å². The first-order chi connectivity index (χ1) is 8.67. The van der Waals surface area contributed by atoms with Crippen LogP contribution in [0.15, 0.2) is 18.2 Å². The highest BCUT2D eigenvalue weighted by Crippen LogP contribution is 2.27. The van der Waals surface area contributed by atoms with Crippen LogP contribution in [0.1, 0.15) is 26.3 Å². The fourth-order valence-corrected chi connectivity index (χ4v) is 1.45. The van der Waals surface area contributed by atoms with Gasteiger partial charge in [0, 0.05) is 12.6 Å². The number of nitrogens with one attached hydrogen (secondary N) is 1. The van der Waals surface area contributed by atoms with E-state index >= 15 is 0 Å². The predicted octanol–water partition coefficient (Wildman–Crippen LogP) is 2.60. The van der Waals surface area contributed by atoms with Crippen molar-refractivity contribution in [1.29, 1.82) is 0 Å². The summed E-state index contributed by atoms with van der Waals surface area (Å²) in [4.78, 5) is 0. The zero-order valence-corrected chi connectivity index (χ0v) is 11.5. The Balaban J connectivity index is 2.76. The molecule has 0 aromatic heterocycles. The minimum atomic E-state index is 0.383. The molecule has 1 N–H and O–H groups in total. The van der Waals surface area contributed by atoms with Crippen LogP contribution in [0.5, 0.6) is 11.5 Å². The Labute approximate surface area is 109 Å². The Morgan fingerprint density at radius 1 is 1.28 bits per heavy atom. The zero-order valence-electron chi connectivity index (χ0n) is 11.5. The lowest BCUT2D eigenvalue weighted by atomic mass is 10.2. The molecular weight excluding hydrogens is 226 g/mol. The first-order valence-electron chi connectivity index (χ1n) is 6.10. The van der Waals surface area contributed by atoms with Gasteiger partial charge in [0.1, 0.15) is 6.61 Å². The van der Waals surface area contributed by atoms with Gasteiger partial charge in [0.2, 0.25) is 0 Å². The van der Waals surface area contributed by atoms with E-state index in [9.17, 15) is 0 Å². The third kappa shape index (κ3) is 4.68. The molecular formula is C15H21NO2. The third-order valence-corrected chi connectivity index (χ3v) is 2.42. The van der Waals surface area contributed by atoms with Gasteiger partial charge in [-0.3, -0.25) is 0 Å². The fourth-order valence-electron chi connectivity index (χ4n) is 1.45. The smallest absolute Gasteiger partial charge is 0.162 e. The van der Waals surface area contributed by atoms with Crippen LogP contribution in [0.2, 0.25) is 0 Å². The highest BCUT2D eigenvalue weighted by atomic mass is 16.5. The maximum atomic E-state index is 5.59. The van der Waals surface area contributed by atoms with Crippen LogP contribution in [0.25, 0.3) is 0 Å². The van der Waals surface area contributed by atoms with Crippen molar-refractivity contribution >= 4 is 0 Å². The molecule has 0 bridgehead atoms. The van der Waals surface area contributed by atoms with Crippen molar-refractivity contribution in [3.63, 3.8) is 0 Å². The number of hydrogen-bond acceptors (Lipinski definition) is 3. The van der Waals surface area contributed by atoms with E-state index in [-0.39, 0.29) is 0 Å². The molecule has 0 atom stereocenters. The molecule has 1 aromatic rings. The molecule has 98 valence electrons. The standard InChI is InChI=1S/C15H21NO2/c1-5-6-9-18-15-10-13(11-16-12(2)3)7-8-14(15)17-4/h7-8,10,12,16H,9,11H2,1-4H3. The summed E-state index contributed by atoms with van der Waals surface area (Å²) in [5.41, 5.74) is 1.17. The fraction of sp³-hybridized carbons (Fsp3) is 0.467.